The van der Waals surface area contributed by atoms with Gasteiger partial charge >= 0.3 is 0 Å². The molecule has 3 aromatic heterocycles. The van der Waals surface area contributed by atoms with E-state index in [-0.39, 0.29) is 17.3 Å². The molecule has 0 fully saturated rings. The Hall–Kier alpha value is -3.31. The predicted molar refractivity (Wildman–Crippen MR) is 110 cm³/mol. The fourth-order valence-corrected chi connectivity index (χ4v) is 3.93. The monoisotopic (exact) mass is 426 g/mol. The second kappa shape index (κ2) is 8.37. The molecule has 4 rings (SSSR count). The summed E-state index contributed by atoms with van der Waals surface area (Å²) < 4.78 is 1.53. The number of fused-ring (bicyclic) bond motifs is 1. The molecular formula is C18H14N6O3S2. The van der Waals surface area contributed by atoms with Crippen LogP contribution >= 0.6 is 23.1 Å². The Morgan fingerprint density at radius 3 is 2.90 bits per heavy atom. The third-order valence-corrected chi connectivity index (χ3v) is 5.75. The highest BCUT2D eigenvalue weighted by molar-refractivity contribution is 7.99. The van der Waals surface area contributed by atoms with E-state index < -0.39 is 4.92 Å². The fraction of sp³-hybridized carbons (Fsp3) is 0.111. The van der Waals surface area contributed by atoms with Gasteiger partial charge in [-0.05, 0) is 23.6 Å². The molecule has 1 aromatic carbocycles. The third kappa shape index (κ3) is 4.41. The second-order valence-corrected chi connectivity index (χ2v) is 7.90. The first-order valence-electron chi connectivity index (χ1n) is 8.49. The van der Waals surface area contributed by atoms with Gasteiger partial charge in [0.25, 0.3) is 5.69 Å². The Balaban J connectivity index is 1.49. The Labute approximate surface area is 172 Å². The van der Waals surface area contributed by atoms with Crippen LogP contribution < -0.4 is 5.32 Å². The highest BCUT2D eigenvalue weighted by Crippen LogP contribution is 2.24. The lowest BCUT2D eigenvalue weighted by Gasteiger charge is -2.04. The SMILES string of the molecule is O=C(CSc1nnc2ccc(-c3cccc([N+](=O)[O-])c3)nn12)NCc1cccs1. The molecule has 3 heterocycles. The minimum atomic E-state index is -0.448. The fourth-order valence-electron chi connectivity index (χ4n) is 2.57. The number of carbonyl (C=O) groups excluding carboxylic acids is 1. The van der Waals surface area contributed by atoms with E-state index in [4.69, 9.17) is 0 Å². The van der Waals surface area contributed by atoms with Crippen molar-refractivity contribution in [3.8, 4) is 11.3 Å². The quantitative estimate of drug-likeness (QED) is 0.274. The maximum Gasteiger partial charge on any atom is 0.270 e. The number of nitrogens with one attached hydrogen (secondary N) is 1. The number of benzene rings is 1. The molecule has 0 aliphatic heterocycles. The molecule has 0 spiro atoms. The number of nitro benzene ring substituents is 1. The number of thioether (sulfide) groups is 1. The number of aromatic nitrogens is 4. The summed E-state index contributed by atoms with van der Waals surface area (Å²) in [6, 6.07) is 13.6. The number of non-ortho nitro benzene ring substituents is 1. The van der Waals surface area contributed by atoms with Gasteiger partial charge in [0.2, 0.25) is 11.1 Å². The number of nitro groups is 1. The maximum absolute atomic E-state index is 12.1. The molecule has 146 valence electrons. The predicted octanol–water partition coefficient (Wildman–Crippen LogP) is 3.17. The molecule has 9 nitrogen and oxygen atoms in total. The van der Waals surface area contributed by atoms with Crippen molar-refractivity contribution in [2.45, 2.75) is 11.7 Å². The van der Waals surface area contributed by atoms with Crippen LogP contribution in [0.4, 0.5) is 5.69 Å². The van der Waals surface area contributed by atoms with E-state index in [1.165, 1.54) is 28.4 Å². The highest BCUT2D eigenvalue weighted by Gasteiger charge is 2.13. The van der Waals surface area contributed by atoms with Gasteiger partial charge in [0.1, 0.15) is 0 Å². The molecule has 29 heavy (non-hydrogen) atoms. The van der Waals surface area contributed by atoms with E-state index in [2.05, 4.69) is 20.6 Å². The first kappa shape index (κ1) is 19.0. The zero-order chi connectivity index (χ0) is 20.2. The van der Waals surface area contributed by atoms with E-state index >= 15 is 0 Å². The van der Waals surface area contributed by atoms with Gasteiger partial charge in [-0.15, -0.1) is 21.5 Å². The van der Waals surface area contributed by atoms with Crippen LogP contribution in [-0.2, 0) is 11.3 Å². The summed E-state index contributed by atoms with van der Waals surface area (Å²) in [5.74, 6) is 0.0597. The van der Waals surface area contributed by atoms with E-state index in [0.717, 1.165) is 4.88 Å². The molecule has 11 heteroatoms. The van der Waals surface area contributed by atoms with Gasteiger partial charge in [0.05, 0.1) is 22.9 Å². The minimum Gasteiger partial charge on any atom is -0.350 e. The Kier molecular flexibility index (Phi) is 5.49. The molecule has 4 aromatic rings. The van der Waals surface area contributed by atoms with Crippen LogP contribution in [0.25, 0.3) is 16.9 Å². The van der Waals surface area contributed by atoms with Crippen LogP contribution in [0.15, 0.2) is 59.1 Å². The van der Waals surface area contributed by atoms with Gasteiger partial charge in [0.15, 0.2) is 5.65 Å². The average Bonchev–Trinajstić information content (AvgIpc) is 3.40. The molecule has 0 bridgehead atoms. The average molecular weight is 426 g/mol. The standard InChI is InChI=1S/C18H14N6O3S2/c25-17(19-10-14-5-2-8-28-14)11-29-18-21-20-16-7-6-15(22-23(16)18)12-3-1-4-13(9-12)24(26)27/h1-9H,10-11H2,(H,19,25). The molecule has 0 aliphatic rings. The van der Waals surface area contributed by atoms with E-state index in [0.29, 0.717) is 28.6 Å². The number of carbonyl (C=O) groups is 1. The van der Waals surface area contributed by atoms with Crippen LogP contribution in [-0.4, -0.2) is 36.4 Å². The van der Waals surface area contributed by atoms with Crippen molar-refractivity contribution in [3.05, 3.63) is 68.9 Å². The van der Waals surface area contributed by atoms with Crippen molar-refractivity contribution in [2.75, 3.05) is 5.75 Å². The first-order valence-corrected chi connectivity index (χ1v) is 10.4. The van der Waals surface area contributed by atoms with E-state index in [1.54, 1.807) is 35.6 Å². The molecule has 0 unspecified atom stereocenters. The normalized spacial score (nSPS) is 10.9. The Morgan fingerprint density at radius 1 is 1.21 bits per heavy atom. The number of hydrogen-bond acceptors (Lipinski definition) is 8. The number of hydrogen-bond donors (Lipinski definition) is 1. The lowest BCUT2D eigenvalue weighted by atomic mass is 10.1. The molecule has 0 aliphatic carbocycles. The Morgan fingerprint density at radius 2 is 2.10 bits per heavy atom. The van der Waals surface area contributed by atoms with Gasteiger partial charge in [-0.1, -0.05) is 30.0 Å². The molecule has 0 radical (unpaired) electrons. The number of amides is 1. The summed E-state index contributed by atoms with van der Waals surface area (Å²) in [4.78, 5) is 23.7. The summed E-state index contributed by atoms with van der Waals surface area (Å²) in [6.45, 7) is 0.493. The van der Waals surface area contributed by atoms with E-state index in [9.17, 15) is 14.9 Å². The summed E-state index contributed by atoms with van der Waals surface area (Å²) in [7, 11) is 0. The van der Waals surface area contributed by atoms with Crippen LogP contribution in [0.3, 0.4) is 0 Å². The topological polar surface area (TPSA) is 115 Å². The summed E-state index contributed by atoms with van der Waals surface area (Å²) in [5.41, 5.74) is 1.68. The lowest BCUT2D eigenvalue weighted by molar-refractivity contribution is -0.384. The summed E-state index contributed by atoms with van der Waals surface area (Å²) in [6.07, 6.45) is 0. The molecular weight excluding hydrogens is 412 g/mol. The van der Waals surface area contributed by atoms with Gasteiger partial charge in [-0.2, -0.15) is 9.61 Å². The lowest BCUT2D eigenvalue weighted by Crippen LogP contribution is -2.24. The van der Waals surface area contributed by atoms with Crippen molar-refractivity contribution in [1.82, 2.24) is 25.1 Å². The van der Waals surface area contributed by atoms with E-state index in [1.807, 2.05) is 17.5 Å². The molecule has 1 N–H and O–H groups in total. The molecule has 0 saturated heterocycles. The number of thiophene rings is 1. The zero-order valence-corrected chi connectivity index (χ0v) is 16.5. The van der Waals surface area contributed by atoms with Crippen molar-refractivity contribution in [1.29, 1.82) is 0 Å². The smallest absolute Gasteiger partial charge is 0.270 e. The van der Waals surface area contributed by atoms with Crippen LogP contribution in [0.2, 0.25) is 0 Å². The molecule has 1 amide bonds. The van der Waals surface area contributed by atoms with Gasteiger partial charge in [-0.3, -0.25) is 14.9 Å². The third-order valence-electron chi connectivity index (χ3n) is 3.96. The first-order chi connectivity index (χ1) is 14.1. The number of nitrogens with zero attached hydrogens (tertiary/aromatic N) is 5. The van der Waals surface area contributed by atoms with Crippen LogP contribution in [0.1, 0.15) is 4.88 Å². The van der Waals surface area contributed by atoms with Gasteiger partial charge < -0.3 is 5.32 Å². The van der Waals surface area contributed by atoms with Crippen molar-refractivity contribution in [2.24, 2.45) is 0 Å². The minimum absolute atomic E-state index is 0.00911. The maximum atomic E-state index is 12.1. The van der Waals surface area contributed by atoms with Crippen molar-refractivity contribution >= 4 is 40.3 Å². The summed E-state index contributed by atoms with van der Waals surface area (Å²) >= 11 is 2.81. The Bertz CT molecular complexity index is 1180. The summed E-state index contributed by atoms with van der Waals surface area (Å²) in [5, 5.41) is 28.9. The zero-order valence-electron chi connectivity index (χ0n) is 14.9. The highest BCUT2D eigenvalue weighted by atomic mass is 32.2. The van der Waals surface area contributed by atoms with Gasteiger partial charge in [-0.25, -0.2) is 0 Å². The largest absolute Gasteiger partial charge is 0.350 e. The molecule has 0 saturated carbocycles. The molecule has 0 atom stereocenters. The van der Waals surface area contributed by atoms with Crippen LogP contribution in [0, 0.1) is 10.1 Å². The second-order valence-electron chi connectivity index (χ2n) is 5.92. The van der Waals surface area contributed by atoms with Crippen LogP contribution in [0.5, 0.6) is 0 Å². The van der Waals surface area contributed by atoms with Crippen molar-refractivity contribution in [3.63, 3.8) is 0 Å². The van der Waals surface area contributed by atoms with Gasteiger partial charge in [0, 0.05) is 22.6 Å². The number of rotatable bonds is 7. The van der Waals surface area contributed by atoms with Crippen molar-refractivity contribution < 1.29 is 9.72 Å².